The fourth-order valence-electron chi connectivity index (χ4n) is 5.25. The molecule has 1 unspecified atom stereocenters. The van der Waals surface area contributed by atoms with Gasteiger partial charge in [-0.25, -0.2) is 4.79 Å². The smallest absolute Gasteiger partial charge is 0.407 e. The SMILES string of the molecule is C[C@@H]1CN(C(=O)c2ccc3c(Cl)c4c(nc3c2)CC(c2ccnc(C(N)=O)c2)CC4)CCN1C(=O)O. The zero-order valence-corrected chi connectivity index (χ0v) is 20.5. The van der Waals surface area contributed by atoms with Gasteiger partial charge in [0, 0.05) is 48.5 Å². The van der Waals surface area contributed by atoms with E-state index in [1.165, 1.54) is 4.90 Å². The molecule has 36 heavy (non-hydrogen) atoms. The van der Waals surface area contributed by atoms with E-state index in [1.54, 1.807) is 36.2 Å². The molecule has 3 heterocycles. The van der Waals surface area contributed by atoms with Crippen LogP contribution in [0.1, 0.15) is 56.9 Å². The number of nitrogens with zero attached hydrogens (tertiary/aromatic N) is 4. The Kier molecular flexibility index (Phi) is 6.26. The van der Waals surface area contributed by atoms with E-state index < -0.39 is 12.0 Å². The fourth-order valence-corrected chi connectivity index (χ4v) is 5.61. The highest BCUT2D eigenvalue weighted by Crippen LogP contribution is 2.38. The van der Waals surface area contributed by atoms with Gasteiger partial charge in [0.2, 0.25) is 0 Å². The van der Waals surface area contributed by atoms with E-state index in [4.69, 9.17) is 22.3 Å². The lowest BCUT2D eigenvalue weighted by Gasteiger charge is -2.38. The van der Waals surface area contributed by atoms with Crippen LogP contribution in [0.3, 0.4) is 0 Å². The van der Waals surface area contributed by atoms with Crippen molar-refractivity contribution in [2.24, 2.45) is 5.73 Å². The van der Waals surface area contributed by atoms with Crippen LogP contribution in [0.4, 0.5) is 4.79 Å². The summed E-state index contributed by atoms with van der Waals surface area (Å²) in [6, 6.07) is 8.71. The quantitative estimate of drug-likeness (QED) is 0.558. The van der Waals surface area contributed by atoms with Crippen molar-refractivity contribution in [2.75, 3.05) is 19.6 Å². The highest BCUT2D eigenvalue weighted by atomic mass is 35.5. The van der Waals surface area contributed by atoms with Gasteiger partial charge in [0.05, 0.1) is 10.5 Å². The molecule has 0 radical (unpaired) electrons. The van der Waals surface area contributed by atoms with E-state index in [1.807, 2.05) is 12.1 Å². The third-order valence-corrected chi connectivity index (χ3v) is 7.63. The molecular formula is C26H26ClN5O4. The van der Waals surface area contributed by atoms with Crippen molar-refractivity contribution < 1.29 is 19.5 Å². The van der Waals surface area contributed by atoms with Crippen molar-refractivity contribution in [1.82, 2.24) is 19.8 Å². The zero-order chi connectivity index (χ0) is 25.6. The average molecular weight is 508 g/mol. The second-order valence-electron chi connectivity index (χ2n) is 9.44. The van der Waals surface area contributed by atoms with Gasteiger partial charge in [-0.15, -0.1) is 0 Å². The molecule has 3 amide bonds. The molecule has 10 heteroatoms. The number of primary amides is 1. The molecule has 2 atom stereocenters. The summed E-state index contributed by atoms with van der Waals surface area (Å²) in [5.74, 6) is -0.564. The number of carbonyl (C=O) groups excluding carboxylic acids is 2. The highest BCUT2D eigenvalue weighted by Gasteiger charge is 2.30. The Labute approximate surface area is 212 Å². The van der Waals surface area contributed by atoms with E-state index in [9.17, 15) is 19.5 Å². The Balaban J connectivity index is 1.42. The maximum absolute atomic E-state index is 13.2. The molecule has 5 rings (SSSR count). The molecule has 1 fully saturated rings. The van der Waals surface area contributed by atoms with Gasteiger partial charge in [-0.1, -0.05) is 17.7 Å². The number of carboxylic acid groups (broad SMARTS) is 1. The van der Waals surface area contributed by atoms with Gasteiger partial charge in [0.25, 0.3) is 11.8 Å². The molecule has 1 aliphatic heterocycles. The number of benzene rings is 1. The van der Waals surface area contributed by atoms with Gasteiger partial charge in [-0.3, -0.25) is 19.6 Å². The second kappa shape index (κ2) is 9.39. The summed E-state index contributed by atoms with van der Waals surface area (Å²) in [6.07, 6.45) is 2.89. The molecular weight excluding hydrogens is 482 g/mol. The van der Waals surface area contributed by atoms with Crippen LogP contribution in [-0.4, -0.2) is 68.5 Å². The Morgan fingerprint density at radius 2 is 1.97 bits per heavy atom. The van der Waals surface area contributed by atoms with Crippen LogP contribution >= 0.6 is 11.6 Å². The van der Waals surface area contributed by atoms with Crippen LogP contribution in [0.15, 0.2) is 36.5 Å². The maximum Gasteiger partial charge on any atom is 0.407 e. The minimum absolute atomic E-state index is 0.149. The third kappa shape index (κ3) is 4.35. The highest BCUT2D eigenvalue weighted by molar-refractivity contribution is 6.36. The zero-order valence-electron chi connectivity index (χ0n) is 19.8. The molecule has 1 aliphatic carbocycles. The number of halogens is 1. The van der Waals surface area contributed by atoms with E-state index in [0.29, 0.717) is 35.6 Å². The molecule has 0 bridgehead atoms. The largest absolute Gasteiger partial charge is 0.465 e. The van der Waals surface area contributed by atoms with Gasteiger partial charge in [-0.2, -0.15) is 0 Å². The molecule has 1 saturated heterocycles. The summed E-state index contributed by atoms with van der Waals surface area (Å²) in [4.78, 5) is 48.1. The standard InChI is InChI=1S/C26H26ClN5O4/c1-14-13-31(8-9-32(14)26(35)36)25(34)17-3-5-19-21(12-17)30-20-10-15(2-4-18(20)23(19)27)16-6-7-29-22(11-16)24(28)33/h3,5-7,11-12,14-15H,2,4,8-10,13H2,1H3,(H2,28,33)(H,35,36)/t14-,15?/m1/s1. The Morgan fingerprint density at radius 3 is 2.69 bits per heavy atom. The Bertz CT molecular complexity index is 1390. The van der Waals surface area contributed by atoms with Gasteiger partial charge >= 0.3 is 6.09 Å². The molecule has 186 valence electrons. The number of hydrogen-bond donors (Lipinski definition) is 2. The first-order chi connectivity index (χ1) is 17.2. The first kappa shape index (κ1) is 24.0. The molecule has 2 aliphatic rings. The number of fused-ring (bicyclic) bond motifs is 2. The van der Waals surface area contributed by atoms with Gasteiger partial charge in [0.1, 0.15) is 5.69 Å². The lowest BCUT2D eigenvalue weighted by atomic mass is 9.82. The summed E-state index contributed by atoms with van der Waals surface area (Å²) < 4.78 is 0. The van der Waals surface area contributed by atoms with Crippen LogP contribution in [-0.2, 0) is 12.8 Å². The number of carbonyl (C=O) groups is 3. The predicted molar refractivity (Wildman–Crippen MR) is 134 cm³/mol. The van der Waals surface area contributed by atoms with E-state index in [2.05, 4.69) is 4.98 Å². The van der Waals surface area contributed by atoms with Gasteiger partial charge < -0.3 is 20.6 Å². The monoisotopic (exact) mass is 507 g/mol. The molecule has 3 aromatic rings. The summed E-state index contributed by atoms with van der Waals surface area (Å²) in [5.41, 5.74) is 9.67. The minimum Gasteiger partial charge on any atom is -0.465 e. The van der Waals surface area contributed by atoms with Crippen molar-refractivity contribution in [3.05, 3.63) is 69.6 Å². The number of nitrogens with two attached hydrogens (primary N) is 1. The van der Waals surface area contributed by atoms with Crippen LogP contribution in [0, 0.1) is 0 Å². The maximum atomic E-state index is 13.2. The van der Waals surface area contributed by atoms with Crippen LogP contribution in [0.2, 0.25) is 5.02 Å². The normalized spacial score (nSPS) is 19.7. The van der Waals surface area contributed by atoms with Crippen molar-refractivity contribution in [1.29, 1.82) is 0 Å². The van der Waals surface area contributed by atoms with Crippen molar-refractivity contribution in [3.8, 4) is 0 Å². The third-order valence-electron chi connectivity index (χ3n) is 7.20. The Morgan fingerprint density at radius 1 is 1.17 bits per heavy atom. The molecule has 1 aromatic carbocycles. The molecule has 0 spiro atoms. The number of amides is 3. The first-order valence-electron chi connectivity index (χ1n) is 11.9. The molecule has 9 nitrogen and oxygen atoms in total. The number of hydrogen-bond acceptors (Lipinski definition) is 5. The average Bonchev–Trinajstić information content (AvgIpc) is 2.87. The molecule has 0 saturated carbocycles. The van der Waals surface area contributed by atoms with E-state index in [0.717, 1.165) is 35.0 Å². The van der Waals surface area contributed by atoms with E-state index in [-0.39, 0.29) is 30.1 Å². The van der Waals surface area contributed by atoms with Crippen LogP contribution in [0.25, 0.3) is 10.9 Å². The molecule has 3 N–H and O–H groups in total. The van der Waals surface area contributed by atoms with E-state index >= 15 is 0 Å². The van der Waals surface area contributed by atoms with Crippen molar-refractivity contribution in [3.63, 3.8) is 0 Å². The van der Waals surface area contributed by atoms with Gasteiger partial charge in [0.15, 0.2) is 0 Å². The number of aromatic nitrogens is 2. The molecule has 2 aromatic heterocycles. The second-order valence-corrected chi connectivity index (χ2v) is 9.82. The first-order valence-corrected chi connectivity index (χ1v) is 12.3. The summed E-state index contributed by atoms with van der Waals surface area (Å²) >= 11 is 6.80. The number of rotatable bonds is 3. The van der Waals surface area contributed by atoms with Gasteiger partial charge in [-0.05, 0) is 67.5 Å². The van der Waals surface area contributed by atoms with Crippen LogP contribution in [0.5, 0.6) is 0 Å². The number of piperazine rings is 1. The number of pyridine rings is 2. The summed E-state index contributed by atoms with van der Waals surface area (Å²) in [6.45, 7) is 2.75. The topological polar surface area (TPSA) is 130 Å². The Hall–Kier alpha value is -3.72. The fraction of sp³-hybridized carbons (Fsp3) is 0.346. The summed E-state index contributed by atoms with van der Waals surface area (Å²) in [5, 5.41) is 10.8. The summed E-state index contributed by atoms with van der Waals surface area (Å²) in [7, 11) is 0. The van der Waals surface area contributed by atoms with Crippen molar-refractivity contribution >= 4 is 40.4 Å². The van der Waals surface area contributed by atoms with Crippen molar-refractivity contribution in [2.45, 2.75) is 38.1 Å². The lowest BCUT2D eigenvalue weighted by Crippen LogP contribution is -2.55. The lowest BCUT2D eigenvalue weighted by molar-refractivity contribution is 0.0507. The minimum atomic E-state index is -0.972. The van der Waals surface area contributed by atoms with Crippen LogP contribution < -0.4 is 5.73 Å². The predicted octanol–water partition coefficient (Wildman–Crippen LogP) is 3.48.